The standard InChI is InChI=1S/C29H27F3N2O5/c30-29(31,32)25(14-15-26(35)34(17-27(36)37)16-19-8-2-1-3-9-19)33-28(38)39-18-24-22-12-6-4-10-20(22)21-11-5-7-13-23(21)24/h1-13,24-25H,14-18H2,(H,33,38)(H,36,37)/t25-/m0/s1. The number of benzene rings is 3. The molecule has 10 heteroatoms. The smallest absolute Gasteiger partial charge is 0.408 e. The Hall–Kier alpha value is -4.34. The summed E-state index contributed by atoms with van der Waals surface area (Å²) >= 11 is 0. The molecule has 0 saturated carbocycles. The maximum atomic E-state index is 13.7. The highest BCUT2D eigenvalue weighted by Gasteiger charge is 2.41. The number of nitrogens with one attached hydrogen (secondary N) is 1. The number of nitrogens with zero attached hydrogens (tertiary/aromatic N) is 1. The van der Waals surface area contributed by atoms with Gasteiger partial charge in [-0.25, -0.2) is 4.79 Å². The predicted octanol–water partition coefficient (Wildman–Crippen LogP) is 5.35. The minimum Gasteiger partial charge on any atom is -0.480 e. The number of alkyl carbamates (subject to hydrolysis) is 1. The summed E-state index contributed by atoms with van der Waals surface area (Å²) in [7, 11) is 0. The number of ether oxygens (including phenoxy) is 1. The molecule has 0 radical (unpaired) electrons. The minimum atomic E-state index is -4.84. The van der Waals surface area contributed by atoms with Crippen LogP contribution in [0.1, 0.15) is 35.4 Å². The third-order valence-corrected chi connectivity index (χ3v) is 6.57. The molecule has 3 aromatic rings. The molecule has 39 heavy (non-hydrogen) atoms. The number of carbonyl (C=O) groups is 3. The zero-order chi connectivity index (χ0) is 28.0. The third kappa shape index (κ3) is 6.95. The Labute approximate surface area is 223 Å². The van der Waals surface area contributed by atoms with Gasteiger partial charge >= 0.3 is 18.2 Å². The van der Waals surface area contributed by atoms with Crippen LogP contribution < -0.4 is 5.32 Å². The first-order chi connectivity index (χ1) is 18.6. The van der Waals surface area contributed by atoms with E-state index < -0.39 is 49.6 Å². The lowest BCUT2D eigenvalue weighted by atomic mass is 9.98. The molecule has 0 saturated heterocycles. The van der Waals surface area contributed by atoms with Crippen molar-refractivity contribution in [2.45, 2.75) is 37.5 Å². The number of aliphatic carboxylic acids is 1. The summed E-state index contributed by atoms with van der Waals surface area (Å²) in [6.45, 7) is -0.889. The van der Waals surface area contributed by atoms with Crippen molar-refractivity contribution < 1.29 is 37.4 Å². The Morgan fingerprint density at radius 2 is 1.46 bits per heavy atom. The van der Waals surface area contributed by atoms with Gasteiger partial charge in [-0.05, 0) is 34.2 Å². The van der Waals surface area contributed by atoms with Gasteiger partial charge in [0.1, 0.15) is 19.2 Å². The number of amides is 2. The summed E-state index contributed by atoms with van der Waals surface area (Å²) in [5, 5.41) is 11.0. The second-order valence-corrected chi connectivity index (χ2v) is 9.23. The first kappa shape index (κ1) is 27.7. The number of carboxylic acid groups (broad SMARTS) is 1. The van der Waals surface area contributed by atoms with Gasteiger partial charge in [0.25, 0.3) is 0 Å². The maximum absolute atomic E-state index is 13.7. The van der Waals surface area contributed by atoms with Crippen LogP contribution in [0.15, 0.2) is 78.9 Å². The lowest BCUT2D eigenvalue weighted by Crippen LogP contribution is -2.46. The van der Waals surface area contributed by atoms with Crippen molar-refractivity contribution in [1.82, 2.24) is 10.2 Å². The molecule has 1 aliphatic carbocycles. The monoisotopic (exact) mass is 540 g/mol. The topological polar surface area (TPSA) is 95.9 Å². The summed E-state index contributed by atoms with van der Waals surface area (Å²) in [5.74, 6) is -2.38. The SMILES string of the molecule is O=C(O)CN(Cc1ccccc1)C(=O)CC[C@H](NC(=O)OCC1c2ccccc2-c2ccccc21)C(F)(F)F. The van der Waals surface area contributed by atoms with Gasteiger partial charge in [-0.2, -0.15) is 13.2 Å². The van der Waals surface area contributed by atoms with E-state index in [1.165, 1.54) is 0 Å². The van der Waals surface area contributed by atoms with Crippen LogP contribution in [0.3, 0.4) is 0 Å². The summed E-state index contributed by atoms with van der Waals surface area (Å²) in [6.07, 6.45) is -7.48. The highest BCUT2D eigenvalue weighted by atomic mass is 19.4. The lowest BCUT2D eigenvalue weighted by molar-refractivity contribution is -0.158. The van der Waals surface area contributed by atoms with E-state index in [1.807, 2.05) is 53.8 Å². The van der Waals surface area contributed by atoms with Gasteiger partial charge in [-0.1, -0.05) is 78.9 Å². The van der Waals surface area contributed by atoms with E-state index in [2.05, 4.69) is 0 Å². The number of carboxylic acids is 1. The summed E-state index contributed by atoms with van der Waals surface area (Å²) in [4.78, 5) is 37.3. The van der Waals surface area contributed by atoms with E-state index in [9.17, 15) is 27.6 Å². The van der Waals surface area contributed by atoms with Gasteiger partial charge in [-0.3, -0.25) is 9.59 Å². The van der Waals surface area contributed by atoms with Crippen molar-refractivity contribution in [3.05, 3.63) is 95.6 Å². The second kappa shape index (κ2) is 12.0. The number of carbonyl (C=O) groups excluding carboxylic acids is 2. The maximum Gasteiger partial charge on any atom is 0.408 e. The Bertz CT molecular complexity index is 1280. The summed E-state index contributed by atoms with van der Waals surface area (Å²) < 4.78 is 46.4. The van der Waals surface area contributed by atoms with Crippen molar-refractivity contribution in [3.8, 4) is 11.1 Å². The second-order valence-electron chi connectivity index (χ2n) is 9.23. The van der Waals surface area contributed by atoms with Gasteiger partial charge in [0, 0.05) is 18.9 Å². The van der Waals surface area contributed by atoms with Crippen molar-refractivity contribution in [3.63, 3.8) is 0 Å². The molecular formula is C29H27F3N2O5. The zero-order valence-corrected chi connectivity index (χ0v) is 20.9. The Morgan fingerprint density at radius 1 is 0.897 bits per heavy atom. The highest BCUT2D eigenvalue weighted by molar-refractivity contribution is 5.81. The summed E-state index contributed by atoms with van der Waals surface area (Å²) in [5.41, 5.74) is 4.43. The van der Waals surface area contributed by atoms with Crippen molar-refractivity contribution in [1.29, 1.82) is 0 Å². The molecule has 0 unspecified atom stereocenters. The fraction of sp³-hybridized carbons (Fsp3) is 0.276. The van der Waals surface area contributed by atoms with E-state index in [-0.39, 0.29) is 19.1 Å². The zero-order valence-electron chi connectivity index (χ0n) is 20.9. The van der Waals surface area contributed by atoms with Crippen LogP contribution in [0.5, 0.6) is 0 Å². The molecule has 0 heterocycles. The van der Waals surface area contributed by atoms with Crippen LogP contribution >= 0.6 is 0 Å². The molecule has 4 rings (SSSR count). The highest BCUT2D eigenvalue weighted by Crippen LogP contribution is 2.44. The van der Waals surface area contributed by atoms with Gasteiger partial charge < -0.3 is 20.1 Å². The van der Waals surface area contributed by atoms with Gasteiger partial charge in [-0.15, -0.1) is 0 Å². The molecule has 7 nitrogen and oxygen atoms in total. The first-order valence-electron chi connectivity index (χ1n) is 12.3. The lowest BCUT2D eigenvalue weighted by Gasteiger charge is -2.24. The minimum absolute atomic E-state index is 0.0670. The molecule has 1 aliphatic rings. The van der Waals surface area contributed by atoms with Crippen LogP contribution in [-0.4, -0.2) is 53.3 Å². The Kier molecular flexibility index (Phi) is 8.53. The number of hydrogen-bond donors (Lipinski definition) is 2. The van der Waals surface area contributed by atoms with E-state index in [0.717, 1.165) is 27.2 Å². The normalized spacial score (nSPS) is 13.2. The van der Waals surface area contributed by atoms with Crippen molar-refractivity contribution >= 4 is 18.0 Å². The van der Waals surface area contributed by atoms with Crippen molar-refractivity contribution in [2.75, 3.05) is 13.2 Å². The van der Waals surface area contributed by atoms with Gasteiger partial charge in [0.15, 0.2) is 0 Å². The van der Waals surface area contributed by atoms with E-state index in [1.54, 1.807) is 30.3 Å². The molecule has 2 N–H and O–H groups in total. The van der Waals surface area contributed by atoms with Crippen molar-refractivity contribution in [2.24, 2.45) is 0 Å². The molecule has 3 aromatic carbocycles. The van der Waals surface area contributed by atoms with E-state index in [0.29, 0.717) is 5.56 Å². The molecule has 0 aromatic heterocycles. The average molecular weight is 541 g/mol. The molecule has 0 spiro atoms. The molecule has 0 bridgehead atoms. The van der Waals surface area contributed by atoms with Crippen LogP contribution in [0.25, 0.3) is 11.1 Å². The van der Waals surface area contributed by atoms with Crippen LogP contribution in [0.2, 0.25) is 0 Å². The number of alkyl halides is 3. The molecule has 204 valence electrons. The number of halogens is 3. The van der Waals surface area contributed by atoms with E-state index >= 15 is 0 Å². The first-order valence-corrected chi connectivity index (χ1v) is 12.3. The average Bonchev–Trinajstić information content (AvgIpc) is 3.22. The quantitative estimate of drug-likeness (QED) is 0.362. The van der Waals surface area contributed by atoms with Gasteiger partial charge in [0.2, 0.25) is 5.91 Å². The molecule has 0 fully saturated rings. The Morgan fingerprint density at radius 3 is 2.03 bits per heavy atom. The van der Waals surface area contributed by atoms with Crippen LogP contribution in [0.4, 0.5) is 18.0 Å². The Balaban J connectivity index is 1.37. The molecular weight excluding hydrogens is 513 g/mol. The summed E-state index contributed by atoms with van der Waals surface area (Å²) in [6, 6.07) is 21.3. The molecule has 0 aliphatic heterocycles. The number of rotatable bonds is 10. The van der Waals surface area contributed by atoms with Crippen LogP contribution in [0, 0.1) is 0 Å². The molecule has 1 atom stereocenters. The van der Waals surface area contributed by atoms with Crippen LogP contribution in [-0.2, 0) is 20.9 Å². The fourth-order valence-electron chi connectivity index (χ4n) is 4.73. The van der Waals surface area contributed by atoms with Gasteiger partial charge in [0.05, 0.1) is 0 Å². The number of fused-ring (bicyclic) bond motifs is 3. The fourth-order valence-corrected chi connectivity index (χ4v) is 4.73. The van der Waals surface area contributed by atoms with E-state index in [4.69, 9.17) is 9.84 Å². The third-order valence-electron chi connectivity index (χ3n) is 6.57. The largest absolute Gasteiger partial charge is 0.480 e. The number of hydrogen-bond acceptors (Lipinski definition) is 4. The molecule has 2 amide bonds. The predicted molar refractivity (Wildman–Crippen MR) is 137 cm³/mol.